The number of hydrogen-bond donors (Lipinski definition) is 0. The number of benzene rings is 4. The van der Waals surface area contributed by atoms with Crippen molar-refractivity contribution in [1.29, 1.82) is 0 Å². The molecule has 4 rings (SSSR count). The van der Waals surface area contributed by atoms with Gasteiger partial charge < -0.3 is 9.47 Å². The third-order valence-electron chi connectivity index (χ3n) is 4.81. The van der Waals surface area contributed by atoms with Gasteiger partial charge in [-0.15, -0.1) is 0 Å². The van der Waals surface area contributed by atoms with Gasteiger partial charge in [0.2, 0.25) is 9.84 Å². The zero-order valence-corrected chi connectivity index (χ0v) is 18.1. The molecule has 4 aromatic carbocycles. The van der Waals surface area contributed by atoms with Crippen molar-refractivity contribution in [3.05, 3.63) is 108 Å². The predicted molar refractivity (Wildman–Crippen MR) is 121 cm³/mol. The summed E-state index contributed by atoms with van der Waals surface area (Å²) in [6, 6.07) is 28.7. The summed E-state index contributed by atoms with van der Waals surface area (Å²) in [5.41, 5.74) is 1.63. The average Bonchev–Trinajstić information content (AvgIpc) is 2.78. The van der Waals surface area contributed by atoms with Crippen LogP contribution < -0.4 is 9.47 Å². The van der Waals surface area contributed by atoms with Crippen molar-refractivity contribution in [2.45, 2.75) is 23.6 Å². The van der Waals surface area contributed by atoms with Crippen molar-refractivity contribution in [2.24, 2.45) is 0 Å². The maximum absolute atomic E-state index is 13.0. The molecular weight excluding hydrogens is 408 g/mol. The Morgan fingerprint density at radius 3 is 1.61 bits per heavy atom. The number of rotatable bonds is 6. The Morgan fingerprint density at radius 1 is 0.581 bits per heavy atom. The van der Waals surface area contributed by atoms with Gasteiger partial charge in [-0.05, 0) is 91.7 Å². The third-order valence-corrected chi connectivity index (χ3v) is 6.72. The Hall–Kier alpha value is -3.57. The molecule has 0 aliphatic heterocycles. The van der Waals surface area contributed by atoms with Crippen molar-refractivity contribution >= 4 is 9.84 Å². The average molecular weight is 431 g/mol. The van der Waals surface area contributed by atoms with E-state index in [1.54, 1.807) is 49.4 Å². The van der Waals surface area contributed by atoms with Crippen LogP contribution in [0.5, 0.6) is 23.0 Å². The fourth-order valence-electron chi connectivity index (χ4n) is 3.15. The van der Waals surface area contributed by atoms with Crippen LogP contribution in [0.25, 0.3) is 0 Å². The van der Waals surface area contributed by atoms with Gasteiger partial charge in [0.1, 0.15) is 23.0 Å². The maximum Gasteiger partial charge on any atom is 0.206 e. The van der Waals surface area contributed by atoms with Crippen LogP contribution >= 0.6 is 0 Å². The van der Waals surface area contributed by atoms with Crippen molar-refractivity contribution < 1.29 is 17.9 Å². The highest BCUT2D eigenvalue weighted by atomic mass is 32.2. The number of sulfone groups is 1. The first-order chi connectivity index (χ1) is 14.9. The highest BCUT2D eigenvalue weighted by Gasteiger charge is 2.20. The molecule has 0 aliphatic carbocycles. The summed E-state index contributed by atoms with van der Waals surface area (Å²) in [5.74, 6) is 2.65. The second-order valence-electron chi connectivity index (χ2n) is 7.23. The van der Waals surface area contributed by atoms with Gasteiger partial charge in [0, 0.05) is 0 Å². The van der Waals surface area contributed by atoms with Crippen molar-refractivity contribution in [1.82, 2.24) is 0 Å². The van der Waals surface area contributed by atoms with Gasteiger partial charge in [0.25, 0.3) is 0 Å². The van der Waals surface area contributed by atoms with Crippen LogP contribution in [0.15, 0.2) is 107 Å². The summed E-state index contributed by atoms with van der Waals surface area (Å²) < 4.78 is 37.6. The molecule has 0 unspecified atom stereocenters. The number of aryl methyl sites for hydroxylation is 2. The van der Waals surface area contributed by atoms with E-state index in [1.807, 2.05) is 61.5 Å². The van der Waals surface area contributed by atoms with Gasteiger partial charge in [-0.2, -0.15) is 0 Å². The molecule has 0 heterocycles. The molecule has 0 amide bonds. The first-order valence-electron chi connectivity index (χ1n) is 9.85. The van der Waals surface area contributed by atoms with E-state index in [9.17, 15) is 8.42 Å². The van der Waals surface area contributed by atoms with E-state index in [1.165, 1.54) is 0 Å². The lowest BCUT2D eigenvalue weighted by Gasteiger charge is -2.11. The van der Waals surface area contributed by atoms with E-state index < -0.39 is 9.84 Å². The summed E-state index contributed by atoms with van der Waals surface area (Å²) >= 11 is 0. The number of hydrogen-bond acceptors (Lipinski definition) is 4. The highest BCUT2D eigenvalue weighted by Crippen LogP contribution is 2.29. The zero-order chi connectivity index (χ0) is 21.8. The summed E-state index contributed by atoms with van der Waals surface area (Å²) in [5, 5.41) is 0. The summed E-state index contributed by atoms with van der Waals surface area (Å²) in [6.45, 7) is 3.68. The molecule has 4 nitrogen and oxygen atoms in total. The minimum atomic E-state index is -3.59. The van der Waals surface area contributed by atoms with Gasteiger partial charge in [0.05, 0.1) is 9.79 Å². The Kier molecular flexibility index (Phi) is 5.78. The second-order valence-corrected chi connectivity index (χ2v) is 9.15. The molecule has 0 atom stereocenters. The Morgan fingerprint density at radius 2 is 1.06 bits per heavy atom. The lowest BCUT2D eigenvalue weighted by Crippen LogP contribution is -2.04. The normalized spacial score (nSPS) is 11.2. The van der Waals surface area contributed by atoms with Crippen LogP contribution in [0.4, 0.5) is 0 Å². The van der Waals surface area contributed by atoms with E-state index in [0.717, 1.165) is 16.9 Å². The first-order valence-corrected chi connectivity index (χ1v) is 11.3. The Labute approximate surface area is 182 Å². The van der Waals surface area contributed by atoms with Crippen molar-refractivity contribution in [3.8, 4) is 23.0 Å². The fraction of sp³-hybridized carbons (Fsp3) is 0.0769. The molecule has 0 saturated heterocycles. The molecule has 0 radical (unpaired) electrons. The van der Waals surface area contributed by atoms with Crippen LogP contribution in [0.1, 0.15) is 11.1 Å². The smallest absolute Gasteiger partial charge is 0.206 e. The van der Waals surface area contributed by atoms with Crippen LogP contribution in [0.3, 0.4) is 0 Å². The third kappa shape index (κ3) is 4.78. The summed E-state index contributed by atoms with van der Waals surface area (Å²) in [7, 11) is -3.59. The summed E-state index contributed by atoms with van der Waals surface area (Å²) in [6.07, 6.45) is 0. The molecule has 0 aliphatic rings. The molecule has 5 heteroatoms. The van der Waals surface area contributed by atoms with Crippen LogP contribution in [-0.2, 0) is 9.84 Å². The number of para-hydroxylation sites is 1. The molecule has 156 valence electrons. The molecule has 0 aromatic heterocycles. The molecule has 0 bridgehead atoms. The quantitative estimate of drug-likeness (QED) is 0.341. The highest BCUT2D eigenvalue weighted by molar-refractivity contribution is 7.91. The summed E-state index contributed by atoms with van der Waals surface area (Å²) in [4.78, 5) is 0.565. The van der Waals surface area contributed by atoms with Gasteiger partial charge in [0.15, 0.2) is 0 Å². The minimum Gasteiger partial charge on any atom is -0.457 e. The van der Waals surface area contributed by atoms with Crippen LogP contribution in [-0.4, -0.2) is 8.42 Å². The van der Waals surface area contributed by atoms with Gasteiger partial charge in [-0.3, -0.25) is 0 Å². The molecule has 0 saturated carbocycles. The molecule has 0 N–H and O–H groups in total. The van der Waals surface area contributed by atoms with E-state index in [0.29, 0.717) is 22.1 Å². The first kappa shape index (κ1) is 20.7. The molecule has 0 fully saturated rings. The molecule has 4 aromatic rings. The SMILES string of the molecule is Cc1ccc(C)c(S(=O)(=O)c2ccc(Oc3ccc(Oc4ccccc4)cc3)cc2)c1. The van der Waals surface area contributed by atoms with E-state index in [2.05, 4.69) is 0 Å². The van der Waals surface area contributed by atoms with Crippen LogP contribution in [0, 0.1) is 13.8 Å². The van der Waals surface area contributed by atoms with E-state index >= 15 is 0 Å². The molecule has 31 heavy (non-hydrogen) atoms. The lowest BCUT2D eigenvalue weighted by atomic mass is 10.2. The Bertz CT molecular complexity index is 1280. The lowest BCUT2D eigenvalue weighted by molar-refractivity contribution is 0.469. The standard InChI is InChI=1S/C26H22O4S/c1-19-8-9-20(2)26(18-19)31(27,28)25-16-14-24(15-17-25)30-23-12-10-22(11-13-23)29-21-6-4-3-5-7-21/h3-18H,1-2H3. The van der Waals surface area contributed by atoms with Gasteiger partial charge in [-0.25, -0.2) is 8.42 Å². The van der Waals surface area contributed by atoms with E-state index in [-0.39, 0.29) is 4.90 Å². The fourth-order valence-corrected chi connectivity index (χ4v) is 4.73. The number of ether oxygens (including phenoxy) is 2. The topological polar surface area (TPSA) is 52.6 Å². The Balaban J connectivity index is 1.48. The van der Waals surface area contributed by atoms with Gasteiger partial charge in [-0.1, -0.05) is 30.3 Å². The van der Waals surface area contributed by atoms with Crippen molar-refractivity contribution in [2.75, 3.05) is 0 Å². The van der Waals surface area contributed by atoms with E-state index in [4.69, 9.17) is 9.47 Å². The maximum atomic E-state index is 13.0. The zero-order valence-electron chi connectivity index (χ0n) is 17.3. The largest absolute Gasteiger partial charge is 0.457 e. The predicted octanol–water partition coefficient (Wildman–Crippen LogP) is 6.72. The molecule has 0 spiro atoms. The second kappa shape index (κ2) is 8.66. The van der Waals surface area contributed by atoms with Crippen LogP contribution in [0.2, 0.25) is 0 Å². The molecular formula is C26H22O4S. The monoisotopic (exact) mass is 430 g/mol. The van der Waals surface area contributed by atoms with Gasteiger partial charge >= 0.3 is 0 Å². The van der Waals surface area contributed by atoms with Crippen molar-refractivity contribution in [3.63, 3.8) is 0 Å². The minimum absolute atomic E-state index is 0.236.